The normalized spacial score (nSPS) is 12.8. The number of hydrogen-bond acceptors (Lipinski definition) is 5. The van der Waals surface area contributed by atoms with Gasteiger partial charge in [-0.25, -0.2) is 16.8 Å². The maximum Gasteiger partial charge on any atom is 0.243 e. The predicted molar refractivity (Wildman–Crippen MR) is 80.3 cm³/mol. The lowest BCUT2D eigenvalue weighted by molar-refractivity contribution is 0.252. The van der Waals surface area contributed by atoms with E-state index >= 15 is 0 Å². The Morgan fingerprint density at radius 2 is 1.52 bits per heavy atom. The summed E-state index contributed by atoms with van der Waals surface area (Å²) >= 11 is 0. The fraction of sp³-hybridized carbons (Fsp3) is 0.538. The molecule has 0 atom stereocenters. The van der Waals surface area contributed by atoms with Crippen LogP contribution in [0, 0.1) is 0 Å². The highest BCUT2D eigenvalue weighted by Gasteiger charge is 2.23. The number of hydrogen-bond donors (Lipinski definition) is 1. The van der Waals surface area contributed by atoms with Crippen LogP contribution in [0.15, 0.2) is 34.1 Å². The average molecular weight is 335 g/mol. The number of sulfonamides is 1. The molecular formula is C13H21NO5S2. The molecule has 1 rings (SSSR count). The van der Waals surface area contributed by atoms with Gasteiger partial charge in [-0.15, -0.1) is 0 Å². The monoisotopic (exact) mass is 335 g/mol. The molecule has 0 aromatic heterocycles. The number of aliphatic hydroxyl groups is 1. The van der Waals surface area contributed by atoms with Crippen molar-refractivity contribution >= 4 is 19.9 Å². The van der Waals surface area contributed by atoms with Crippen molar-refractivity contribution < 1.29 is 21.9 Å². The topological polar surface area (TPSA) is 91.8 Å². The van der Waals surface area contributed by atoms with E-state index in [9.17, 15) is 16.8 Å². The molecular weight excluding hydrogens is 314 g/mol. The number of aliphatic hydroxyl groups excluding tert-OH is 1. The van der Waals surface area contributed by atoms with Crippen molar-refractivity contribution in [2.75, 3.05) is 26.0 Å². The van der Waals surface area contributed by atoms with Crippen LogP contribution >= 0.6 is 0 Å². The third kappa shape index (κ3) is 4.77. The van der Waals surface area contributed by atoms with Gasteiger partial charge in [-0.3, -0.25) is 0 Å². The quantitative estimate of drug-likeness (QED) is 0.761. The maximum absolute atomic E-state index is 12.5. The summed E-state index contributed by atoms with van der Waals surface area (Å²) in [6.07, 6.45) is 2.60. The number of unbranched alkanes of at least 4 members (excludes halogenated alkanes) is 1. The van der Waals surface area contributed by atoms with Gasteiger partial charge in [-0.05, 0) is 30.7 Å². The standard InChI is InChI=1S/C13H21NO5S2/c1-3-4-9-14(10-11-15)21(18,19)13-7-5-12(6-8-13)20(2,16)17/h5-8,15H,3-4,9-11H2,1-2H3. The van der Waals surface area contributed by atoms with Crippen LogP contribution in [0.1, 0.15) is 19.8 Å². The summed E-state index contributed by atoms with van der Waals surface area (Å²) in [6.45, 7) is 2.04. The number of rotatable bonds is 8. The summed E-state index contributed by atoms with van der Waals surface area (Å²) in [5, 5.41) is 9.01. The Hall–Kier alpha value is -0.960. The first kappa shape index (κ1) is 18.1. The molecule has 0 spiro atoms. The fourth-order valence-corrected chi connectivity index (χ4v) is 3.91. The first-order valence-electron chi connectivity index (χ1n) is 6.64. The van der Waals surface area contributed by atoms with Crippen molar-refractivity contribution in [3.8, 4) is 0 Å². The average Bonchev–Trinajstić information content (AvgIpc) is 2.42. The molecule has 0 aliphatic heterocycles. The molecule has 0 saturated heterocycles. The maximum atomic E-state index is 12.5. The van der Waals surface area contributed by atoms with Gasteiger partial charge in [0.2, 0.25) is 10.0 Å². The van der Waals surface area contributed by atoms with E-state index in [4.69, 9.17) is 5.11 Å². The highest BCUT2D eigenvalue weighted by molar-refractivity contribution is 7.90. The second-order valence-electron chi connectivity index (χ2n) is 4.72. The molecule has 0 unspecified atom stereocenters. The van der Waals surface area contributed by atoms with Gasteiger partial charge in [-0.1, -0.05) is 13.3 Å². The largest absolute Gasteiger partial charge is 0.395 e. The Balaban J connectivity index is 3.10. The lowest BCUT2D eigenvalue weighted by Crippen LogP contribution is -2.34. The highest BCUT2D eigenvalue weighted by atomic mass is 32.2. The Morgan fingerprint density at radius 1 is 1.00 bits per heavy atom. The van der Waals surface area contributed by atoms with E-state index < -0.39 is 19.9 Å². The first-order chi connectivity index (χ1) is 9.73. The van der Waals surface area contributed by atoms with Gasteiger partial charge in [0.15, 0.2) is 9.84 Å². The molecule has 0 aliphatic carbocycles. The summed E-state index contributed by atoms with van der Waals surface area (Å²) < 4.78 is 48.9. The van der Waals surface area contributed by atoms with Gasteiger partial charge in [0.1, 0.15) is 0 Å². The van der Waals surface area contributed by atoms with Crippen molar-refractivity contribution in [1.29, 1.82) is 0 Å². The van der Waals surface area contributed by atoms with Crippen LogP contribution in [0.4, 0.5) is 0 Å². The first-order valence-corrected chi connectivity index (χ1v) is 9.97. The second-order valence-corrected chi connectivity index (χ2v) is 8.68. The molecule has 0 heterocycles. The molecule has 0 bridgehead atoms. The van der Waals surface area contributed by atoms with Crippen LogP contribution in [0.2, 0.25) is 0 Å². The van der Waals surface area contributed by atoms with Gasteiger partial charge in [0.05, 0.1) is 16.4 Å². The fourth-order valence-electron chi connectivity index (χ4n) is 1.81. The highest BCUT2D eigenvalue weighted by Crippen LogP contribution is 2.18. The SMILES string of the molecule is CCCCN(CCO)S(=O)(=O)c1ccc(S(C)(=O)=O)cc1. The zero-order chi connectivity index (χ0) is 16.1. The van der Waals surface area contributed by atoms with Crippen molar-refractivity contribution in [1.82, 2.24) is 4.31 Å². The van der Waals surface area contributed by atoms with Crippen molar-refractivity contribution in [3.63, 3.8) is 0 Å². The van der Waals surface area contributed by atoms with Crippen LogP contribution in [0.5, 0.6) is 0 Å². The number of benzene rings is 1. The molecule has 0 aliphatic rings. The van der Waals surface area contributed by atoms with Crippen molar-refractivity contribution in [2.24, 2.45) is 0 Å². The van der Waals surface area contributed by atoms with Gasteiger partial charge in [-0.2, -0.15) is 4.31 Å². The zero-order valence-electron chi connectivity index (χ0n) is 12.2. The van der Waals surface area contributed by atoms with Gasteiger partial charge in [0, 0.05) is 19.3 Å². The lowest BCUT2D eigenvalue weighted by atomic mass is 10.3. The molecule has 1 aromatic rings. The molecule has 120 valence electrons. The lowest BCUT2D eigenvalue weighted by Gasteiger charge is -2.21. The minimum atomic E-state index is -3.72. The van der Waals surface area contributed by atoms with E-state index in [2.05, 4.69) is 0 Å². The predicted octanol–water partition coefficient (Wildman–Crippen LogP) is 0.873. The summed E-state index contributed by atoms with van der Waals surface area (Å²) in [4.78, 5) is 0.100. The molecule has 1 aromatic carbocycles. The van der Waals surface area contributed by atoms with E-state index in [-0.39, 0.29) is 22.9 Å². The third-order valence-corrected chi connectivity index (χ3v) is 6.04. The van der Waals surface area contributed by atoms with Crippen LogP contribution in [-0.4, -0.2) is 52.2 Å². The molecule has 6 nitrogen and oxygen atoms in total. The molecule has 0 radical (unpaired) electrons. The second kappa shape index (κ2) is 7.35. The number of nitrogens with zero attached hydrogens (tertiary/aromatic N) is 1. The van der Waals surface area contributed by atoms with Gasteiger partial charge < -0.3 is 5.11 Å². The Kier molecular flexibility index (Phi) is 6.33. The van der Waals surface area contributed by atoms with E-state index in [1.54, 1.807) is 0 Å². The van der Waals surface area contributed by atoms with Crippen molar-refractivity contribution in [3.05, 3.63) is 24.3 Å². The molecule has 0 fully saturated rings. The minimum absolute atomic E-state index is 0.0240. The Morgan fingerprint density at radius 3 is 1.95 bits per heavy atom. The van der Waals surface area contributed by atoms with Crippen LogP contribution in [0.3, 0.4) is 0 Å². The van der Waals surface area contributed by atoms with Gasteiger partial charge in [0.25, 0.3) is 0 Å². The summed E-state index contributed by atoms with van der Waals surface area (Å²) in [7, 11) is -7.08. The van der Waals surface area contributed by atoms with E-state index in [1.165, 1.54) is 28.6 Å². The molecule has 0 amide bonds. The minimum Gasteiger partial charge on any atom is -0.395 e. The number of sulfone groups is 1. The third-order valence-electron chi connectivity index (χ3n) is 3.00. The summed E-state index contributed by atoms with van der Waals surface area (Å²) in [6, 6.07) is 5.11. The Labute approximate surface area is 126 Å². The molecule has 8 heteroatoms. The molecule has 21 heavy (non-hydrogen) atoms. The summed E-state index contributed by atoms with van der Waals surface area (Å²) in [5.74, 6) is 0. The van der Waals surface area contributed by atoms with Crippen LogP contribution < -0.4 is 0 Å². The van der Waals surface area contributed by atoms with E-state index in [0.717, 1.165) is 12.7 Å². The molecule has 0 saturated carbocycles. The van der Waals surface area contributed by atoms with Crippen LogP contribution in [-0.2, 0) is 19.9 Å². The van der Waals surface area contributed by atoms with E-state index in [0.29, 0.717) is 13.0 Å². The zero-order valence-corrected chi connectivity index (χ0v) is 13.8. The van der Waals surface area contributed by atoms with E-state index in [1.807, 2.05) is 6.92 Å². The summed E-state index contributed by atoms with van der Waals surface area (Å²) in [5.41, 5.74) is 0. The van der Waals surface area contributed by atoms with Gasteiger partial charge >= 0.3 is 0 Å². The molecule has 1 N–H and O–H groups in total. The smallest absolute Gasteiger partial charge is 0.243 e. The Bertz CT molecular complexity index is 650. The van der Waals surface area contributed by atoms with Crippen LogP contribution in [0.25, 0.3) is 0 Å². The van der Waals surface area contributed by atoms with Crippen molar-refractivity contribution in [2.45, 2.75) is 29.6 Å².